The molecule has 3 aliphatic carbocycles. The Labute approximate surface area is 129 Å². The second-order valence-electron chi connectivity index (χ2n) is 8.41. The topological polar surface area (TPSA) is 26.3 Å². The lowest BCUT2D eigenvalue weighted by Crippen LogP contribution is -2.38. The third-order valence-corrected chi connectivity index (χ3v) is 7.55. The molecule has 0 N–H and O–H groups in total. The highest BCUT2D eigenvalue weighted by atomic mass is 16.5. The van der Waals surface area contributed by atoms with Crippen molar-refractivity contribution >= 4 is 5.97 Å². The van der Waals surface area contributed by atoms with Gasteiger partial charge in [0, 0.05) is 6.08 Å². The van der Waals surface area contributed by atoms with Crippen LogP contribution in [-0.4, -0.2) is 12.1 Å². The fourth-order valence-electron chi connectivity index (χ4n) is 5.84. The molecule has 5 atom stereocenters. The molecule has 0 aromatic rings. The molecule has 2 heteroatoms. The summed E-state index contributed by atoms with van der Waals surface area (Å²) in [6.07, 6.45) is 10.3. The summed E-state index contributed by atoms with van der Waals surface area (Å²) >= 11 is 0. The first kappa shape index (κ1) is 15.1. The van der Waals surface area contributed by atoms with Crippen molar-refractivity contribution in [3.8, 4) is 0 Å². The molecular weight excluding hydrogens is 260 g/mol. The first-order chi connectivity index (χ1) is 9.88. The van der Waals surface area contributed by atoms with Gasteiger partial charge in [0.1, 0.15) is 6.10 Å². The Morgan fingerprint density at radius 2 is 1.95 bits per heavy atom. The van der Waals surface area contributed by atoms with Crippen molar-refractivity contribution in [1.82, 2.24) is 0 Å². The molecule has 2 nitrogen and oxygen atoms in total. The zero-order valence-electron chi connectivity index (χ0n) is 13.9. The Hall–Kier alpha value is -0.790. The molecule has 3 aliphatic rings. The molecule has 2 bridgehead atoms. The third kappa shape index (κ3) is 2.26. The molecule has 0 amide bonds. The van der Waals surface area contributed by atoms with E-state index in [9.17, 15) is 4.79 Å². The van der Waals surface area contributed by atoms with E-state index in [4.69, 9.17) is 4.74 Å². The molecule has 3 saturated carbocycles. The van der Waals surface area contributed by atoms with Gasteiger partial charge in [0.05, 0.1) is 0 Å². The van der Waals surface area contributed by atoms with Gasteiger partial charge in [-0.1, -0.05) is 27.4 Å². The van der Waals surface area contributed by atoms with Crippen molar-refractivity contribution < 1.29 is 9.53 Å². The molecule has 0 spiro atoms. The van der Waals surface area contributed by atoms with Gasteiger partial charge in [0.2, 0.25) is 0 Å². The zero-order valence-corrected chi connectivity index (χ0v) is 13.9. The van der Waals surface area contributed by atoms with Crippen molar-refractivity contribution in [2.24, 2.45) is 28.6 Å². The van der Waals surface area contributed by atoms with E-state index < -0.39 is 0 Å². The maximum Gasteiger partial charge on any atom is 0.330 e. The summed E-state index contributed by atoms with van der Waals surface area (Å²) in [4.78, 5) is 11.5. The van der Waals surface area contributed by atoms with Crippen LogP contribution in [0.5, 0.6) is 0 Å². The highest BCUT2D eigenvalue weighted by Crippen LogP contribution is 2.70. The van der Waals surface area contributed by atoms with Gasteiger partial charge in [-0.3, -0.25) is 0 Å². The van der Waals surface area contributed by atoms with Crippen molar-refractivity contribution in [3.05, 3.63) is 12.7 Å². The lowest BCUT2D eigenvalue weighted by Gasteiger charge is -2.45. The molecule has 0 radical (unpaired) electrons. The number of rotatable bonds is 3. The molecule has 21 heavy (non-hydrogen) atoms. The van der Waals surface area contributed by atoms with Gasteiger partial charge in [0.15, 0.2) is 0 Å². The first-order valence-corrected chi connectivity index (χ1v) is 8.71. The summed E-state index contributed by atoms with van der Waals surface area (Å²) in [6, 6.07) is 0. The number of fused-ring (bicyclic) bond motifs is 2. The second kappa shape index (κ2) is 5.14. The molecular formula is C19H30O2. The first-order valence-electron chi connectivity index (χ1n) is 8.71. The average molecular weight is 290 g/mol. The predicted octanol–water partition coefficient (Wildman–Crippen LogP) is 4.74. The number of esters is 1. The fourth-order valence-corrected chi connectivity index (χ4v) is 5.84. The van der Waals surface area contributed by atoms with Crippen LogP contribution in [0.15, 0.2) is 12.7 Å². The van der Waals surface area contributed by atoms with Crippen molar-refractivity contribution in [3.63, 3.8) is 0 Å². The lowest BCUT2D eigenvalue weighted by molar-refractivity contribution is -0.146. The maximum atomic E-state index is 11.5. The molecule has 3 fully saturated rings. The Balaban J connectivity index is 1.70. The third-order valence-electron chi connectivity index (χ3n) is 7.55. The summed E-state index contributed by atoms with van der Waals surface area (Å²) < 4.78 is 5.54. The van der Waals surface area contributed by atoms with Crippen LogP contribution >= 0.6 is 0 Å². The van der Waals surface area contributed by atoms with Crippen molar-refractivity contribution in [2.45, 2.75) is 71.8 Å². The van der Waals surface area contributed by atoms with E-state index in [1.807, 2.05) is 0 Å². The van der Waals surface area contributed by atoms with Crippen LogP contribution in [0.25, 0.3) is 0 Å². The van der Waals surface area contributed by atoms with Crippen LogP contribution in [0.4, 0.5) is 0 Å². The predicted molar refractivity (Wildman–Crippen MR) is 84.8 cm³/mol. The van der Waals surface area contributed by atoms with Gasteiger partial charge < -0.3 is 4.74 Å². The van der Waals surface area contributed by atoms with E-state index in [1.165, 1.54) is 38.2 Å². The average Bonchev–Trinajstić information content (AvgIpc) is 2.80. The van der Waals surface area contributed by atoms with Crippen LogP contribution in [-0.2, 0) is 9.53 Å². The van der Waals surface area contributed by atoms with Gasteiger partial charge in [-0.25, -0.2) is 4.79 Å². The van der Waals surface area contributed by atoms with Crippen molar-refractivity contribution in [2.75, 3.05) is 0 Å². The molecule has 0 heterocycles. The SMILES string of the molecule is C=CC(=O)O[C@H]1CCC[C@H]([C@@H]2C[C@@H]3CC[C@@]2(C)C3(C)C)C1. The normalized spacial score (nSPS) is 44.5. The molecule has 0 aromatic heterocycles. The van der Waals surface area contributed by atoms with E-state index in [-0.39, 0.29) is 12.1 Å². The quantitative estimate of drug-likeness (QED) is 0.554. The van der Waals surface area contributed by atoms with Crippen LogP contribution in [0, 0.1) is 28.6 Å². The summed E-state index contributed by atoms with van der Waals surface area (Å²) in [6.45, 7) is 11.0. The van der Waals surface area contributed by atoms with Gasteiger partial charge in [-0.15, -0.1) is 0 Å². The number of carbonyl (C=O) groups excluding carboxylic acids is 1. The van der Waals surface area contributed by atoms with Gasteiger partial charge >= 0.3 is 5.97 Å². The number of carbonyl (C=O) groups is 1. The smallest absolute Gasteiger partial charge is 0.330 e. The lowest BCUT2D eigenvalue weighted by atomic mass is 9.61. The van der Waals surface area contributed by atoms with Crippen LogP contribution in [0.2, 0.25) is 0 Å². The van der Waals surface area contributed by atoms with E-state index >= 15 is 0 Å². The summed E-state index contributed by atoms with van der Waals surface area (Å²) in [7, 11) is 0. The molecule has 118 valence electrons. The molecule has 0 aliphatic heterocycles. The van der Waals surface area contributed by atoms with E-state index in [0.29, 0.717) is 10.8 Å². The maximum absolute atomic E-state index is 11.5. The summed E-state index contributed by atoms with van der Waals surface area (Å²) in [5, 5.41) is 0. The summed E-state index contributed by atoms with van der Waals surface area (Å²) in [5.41, 5.74) is 0.981. The minimum Gasteiger partial charge on any atom is -0.459 e. The largest absolute Gasteiger partial charge is 0.459 e. The van der Waals surface area contributed by atoms with Crippen LogP contribution in [0.3, 0.4) is 0 Å². The van der Waals surface area contributed by atoms with E-state index in [1.54, 1.807) is 0 Å². The molecule has 0 saturated heterocycles. The number of ether oxygens (including phenoxy) is 1. The summed E-state index contributed by atoms with van der Waals surface area (Å²) in [5.74, 6) is 2.23. The Morgan fingerprint density at radius 1 is 1.19 bits per heavy atom. The van der Waals surface area contributed by atoms with E-state index in [2.05, 4.69) is 27.4 Å². The van der Waals surface area contributed by atoms with E-state index in [0.717, 1.165) is 30.6 Å². The monoisotopic (exact) mass is 290 g/mol. The van der Waals surface area contributed by atoms with Crippen LogP contribution < -0.4 is 0 Å². The Morgan fingerprint density at radius 3 is 2.52 bits per heavy atom. The second-order valence-corrected chi connectivity index (χ2v) is 8.41. The fraction of sp³-hybridized carbons (Fsp3) is 0.842. The minimum atomic E-state index is -0.250. The number of hydrogen-bond donors (Lipinski definition) is 0. The molecule has 0 aromatic carbocycles. The molecule has 0 unspecified atom stereocenters. The number of hydrogen-bond acceptors (Lipinski definition) is 2. The standard InChI is InChI=1S/C19H30O2/c1-5-17(20)21-15-8-6-7-13(11-15)16-12-14-9-10-19(16,4)18(14,2)3/h5,13-16H,1,6-12H2,2-4H3/t13-,14-,15-,16-,19+/m0/s1. The molecule has 3 rings (SSSR count). The zero-order chi connectivity index (χ0) is 15.3. The van der Waals surface area contributed by atoms with Gasteiger partial charge in [0.25, 0.3) is 0 Å². The van der Waals surface area contributed by atoms with Crippen LogP contribution in [0.1, 0.15) is 65.7 Å². The van der Waals surface area contributed by atoms with Crippen molar-refractivity contribution in [1.29, 1.82) is 0 Å². The van der Waals surface area contributed by atoms with Gasteiger partial charge in [-0.05, 0) is 73.5 Å². The van der Waals surface area contributed by atoms with Gasteiger partial charge in [-0.2, -0.15) is 0 Å². The Bertz CT molecular complexity index is 439. The Kier molecular flexibility index (Phi) is 3.70. The highest BCUT2D eigenvalue weighted by Gasteiger charge is 2.62. The highest BCUT2D eigenvalue weighted by molar-refractivity contribution is 5.81. The minimum absolute atomic E-state index is 0.125.